The molecular weight excluding hydrogens is 236 g/mol. The summed E-state index contributed by atoms with van der Waals surface area (Å²) in [7, 11) is 0. The van der Waals surface area contributed by atoms with Crippen LogP contribution in [0.5, 0.6) is 5.75 Å². The van der Waals surface area contributed by atoms with E-state index in [1.807, 2.05) is 0 Å². The number of aromatic nitrogens is 3. The Labute approximate surface area is 103 Å². The maximum atomic E-state index is 11.4. The number of nitrogens with zero attached hydrogens (tertiary/aromatic N) is 2. The van der Waals surface area contributed by atoms with Crippen LogP contribution in [0.4, 0.5) is 5.69 Å². The van der Waals surface area contributed by atoms with Gasteiger partial charge >= 0.3 is 5.97 Å². The van der Waals surface area contributed by atoms with Crippen LogP contribution in [-0.4, -0.2) is 32.9 Å². The van der Waals surface area contributed by atoms with Crippen molar-refractivity contribution in [3.8, 4) is 17.1 Å². The van der Waals surface area contributed by atoms with E-state index in [9.17, 15) is 9.90 Å². The number of phenols is 1. The molecule has 0 saturated heterocycles. The SMILES string of the molecule is CCOC(=O)c1nc(-c2ccc(N)cc2O)n[nH]1. The zero-order valence-corrected chi connectivity index (χ0v) is 9.67. The van der Waals surface area contributed by atoms with Crippen LogP contribution in [-0.2, 0) is 4.74 Å². The van der Waals surface area contributed by atoms with Gasteiger partial charge in [-0.1, -0.05) is 0 Å². The zero-order valence-electron chi connectivity index (χ0n) is 9.67. The highest BCUT2D eigenvalue weighted by Crippen LogP contribution is 2.28. The van der Waals surface area contributed by atoms with E-state index >= 15 is 0 Å². The second-order valence-electron chi connectivity index (χ2n) is 3.50. The topological polar surface area (TPSA) is 114 Å². The van der Waals surface area contributed by atoms with Crippen LogP contribution in [0, 0.1) is 0 Å². The normalized spacial score (nSPS) is 10.3. The van der Waals surface area contributed by atoms with Gasteiger partial charge in [-0.05, 0) is 19.1 Å². The van der Waals surface area contributed by atoms with Gasteiger partial charge in [0.25, 0.3) is 0 Å². The fourth-order valence-corrected chi connectivity index (χ4v) is 1.41. The van der Waals surface area contributed by atoms with Crippen molar-refractivity contribution < 1.29 is 14.6 Å². The number of hydrogen-bond acceptors (Lipinski definition) is 6. The minimum Gasteiger partial charge on any atom is -0.507 e. The first-order valence-electron chi connectivity index (χ1n) is 5.30. The number of esters is 1. The first-order chi connectivity index (χ1) is 8.61. The molecule has 18 heavy (non-hydrogen) atoms. The van der Waals surface area contributed by atoms with Gasteiger partial charge in [-0.2, -0.15) is 5.10 Å². The number of carbonyl (C=O) groups is 1. The number of nitrogens with one attached hydrogen (secondary N) is 1. The van der Waals surface area contributed by atoms with Gasteiger partial charge in [0.2, 0.25) is 5.82 Å². The summed E-state index contributed by atoms with van der Waals surface area (Å²) in [6.07, 6.45) is 0. The van der Waals surface area contributed by atoms with Crippen LogP contribution in [0.25, 0.3) is 11.4 Å². The Morgan fingerprint density at radius 3 is 3.00 bits per heavy atom. The Balaban J connectivity index is 2.32. The maximum Gasteiger partial charge on any atom is 0.375 e. The van der Waals surface area contributed by atoms with E-state index in [2.05, 4.69) is 15.2 Å². The molecule has 94 valence electrons. The summed E-state index contributed by atoms with van der Waals surface area (Å²) < 4.78 is 4.77. The van der Waals surface area contributed by atoms with Crippen LogP contribution in [0.1, 0.15) is 17.5 Å². The lowest BCUT2D eigenvalue weighted by molar-refractivity contribution is 0.0512. The molecule has 0 aliphatic heterocycles. The molecule has 4 N–H and O–H groups in total. The molecule has 0 spiro atoms. The molecule has 1 aromatic carbocycles. The third kappa shape index (κ3) is 2.24. The third-order valence-corrected chi connectivity index (χ3v) is 2.22. The number of phenolic OH excluding ortho intramolecular Hbond substituents is 1. The lowest BCUT2D eigenvalue weighted by Crippen LogP contribution is -2.06. The highest BCUT2D eigenvalue weighted by Gasteiger charge is 2.15. The monoisotopic (exact) mass is 248 g/mol. The predicted octanol–water partition coefficient (Wildman–Crippen LogP) is 0.936. The van der Waals surface area contributed by atoms with Gasteiger partial charge in [0.15, 0.2) is 5.82 Å². The number of benzene rings is 1. The molecular formula is C11H12N4O3. The molecule has 0 aliphatic carbocycles. The molecule has 0 atom stereocenters. The molecule has 0 amide bonds. The number of anilines is 1. The highest BCUT2D eigenvalue weighted by atomic mass is 16.5. The smallest absolute Gasteiger partial charge is 0.375 e. The second kappa shape index (κ2) is 4.74. The number of nitrogens with two attached hydrogens (primary N) is 1. The summed E-state index contributed by atoms with van der Waals surface area (Å²) in [5.41, 5.74) is 6.33. The van der Waals surface area contributed by atoms with Crippen LogP contribution < -0.4 is 5.73 Å². The first-order valence-corrected chi connectivity index (χ1v) is 5.30. The number of hydrogen-bond donors (Lipinski definition) is 3. The van der Waals surface area contributed by atoms with E-state index in [-0.39, 0.29) is 24.0 Å². The highest BCUT2D eigenvalue weighted by molar-refractivity contribution is 5.85. The van der Waals surface area contributed by atoms with E-state index in [1.165, 1.54) is 6.07 Å². The second-order valence-corrected chi connectivity index (χ2v) is 3.50. The van der Waals surface area contributed by atoms with E-state index in [4.69, 9.17) is 10.5 Å². The summed E-state index contributed by atoms with van der Waals surface area (Å²) in [4.78, 5) is 15.3. The van der Waals surface area contributed by atoms with Crippen molar-refractivity contribution in [1.82, 2.24) is 15.2 Å². The molecule has 0 aliphatic rings. The van der Waals surface area contributed by atoms with E-state index in [1.54, 1.807) is 19.1 Å². The van der Waals surface area contributed by atoms with Crippen molar-refractivity contribution in [2.45, 2.75) is 6.92 Å². The fourth-order valence-electron chi connectivity index (χ4n) is 1.41. The fraction of sp³-hybridized carbons (Fsp3) is 0.182. The van der Waals surface area contributed by atoms with E-state index in [0.29, 0.717) is 11.3 Å². The molecule has 0 fully saturated rings. The number of nitrogen functional groups attached to an aromatic ring is 1. The average molecular weight is 248 g/mol. The molecule has 1 aromatic heterocycles. The van der Waals surface area contributed by atoms with Crippen LogP contribution in [0.2, 0.25) is 0 Å². The minimum absolute atomic E-state index is 0.0110. The molecule has 7 nitrogen and oxygen atoms in total. The van der Waals surface area contributed by atoms with Gasteiger partial charge in [-0.15, -0.1) is 0 Å². The number of carbonyl (C=O) groups excluding carboxylic acids is 1. The Kier molecular flexibility index (Phi) is 3.13. The van der Waals surface area contributed by atoms with Gasteiger partial charge in [0.05, 0.1) is 12.2 Å². The van der Waals surface area contributed by atoms with Gasteiger partial charge < -0.3 is 15.6 Å². The van der Waals surface area contributed by atoms with E-state index in [0.717, 1.165) is 0 Å². The van der Waals surface area contributed by atoms with Crippen LogP contribution in [0.3, 0.4) is 0 Å². The number of rotatable bonds is 3. The number of H-pyrrole nitrogens is 1. The molecule has 0 unspecified atom stereocenters. The molecule has 7 heteroatoms. The Morgan fingerprint density at radius 1 is 1.56 bits per heavy atom. The summed E-state index contributed by atoms with van der Waals surface area (Å²) in [5.74, 6) is -0.450. The zero-order chi connectivity index (χ0) is 13.1. The average Bonchev–Trinajstić information content (AvgIpc) is 2.78. The van der Waals surface area contributed by atoms with Crippen molar-refractivity contribution in [3.05, 3.63) is 24.0 Å². The number of aromatic hydroxyl groups is 1. The first kappa shape index (κ1) is 11.9. The van der Waals surface area contributed by atoms with Gasteiger partial charge in [0.1, 0.15) is 5.75 Å². The van der Waals surface area contributed by atoms with Gasteiger partial charge in [-0.3, -0.25) is 5.10 Å². The largest absolute Gasteiger partial charge is 0.507 e. The standard InChI is InChI=1S/C11H12N4O3/c1-2-18-11(17)10-13-9(14-15-10)7-4-3-6(12)5-8(7)16/h3-5,16H,2,12H2,1H3,(H,13,14,15). The summed E-state index contributed by atoms with van der Waals surface area (Å²) in [6, 6.07) is 4.56. The molecule has 0 bridgehead atoms. The Bertz CT molecular complexity index is 579. The minimum atomic E-state index is -0.591. The lowest BCUT2D eigenvalue weighted by atomic mass is 10.2. The van der Waals surface area contributed by atoms with E-state index < -0.39 is 5.97 Å². The van der Waals surface area contributed by atoms with Crippen molar-refractivity contribution in [2.24, 2.45) is 0 Å². The summed E-state index contributed by atoms with van der Waals surface area (Å²) >= 11 is 0. The van der Waals surface area contributed by atoms with Gasteiger partial charge in [0, 0.05) is 11.8 Å². The maximum absolute atomic E-state index is 11.4. The Morgan fingerprint density at radius 2 is 2.33 bits per heavy atom. The molecule has 1 heterocycles. The Hall–Kier alpha value is -2.57. The molecule has 0 radical (unpaired) electrons. The predicted molar refractivity (Wildman–Crippen MR) is 63.9 cm³/mol. The molecule has 0 saturated carbocycles. The van der Waals surface area contributed by atoms with Gasteiger partial charge in [-0.25, -0.2) is 9.78 Å². The number of ether oxygens (including phenoxy) is 1. The van der Waals surface area contributed by atoms with Crippen LogP contribution >= 0.6 is 0 Å². The molecule has 2 rings (SSSR count). The van der Waals surface area contributed by atoms with Crippen molar-refractivity contribution in [1.29, 1.82) is 0 Å². The van der Waals surface area contributed by atoms with Crippen molar-refractivity contribution in [2.75, 3.05) is 12.3 Å². The lowest BCUT2D eigenvalue weighted by Gasteiger charge is -2.00. The third-order valence-electron chi connectivity index (χ3n) is 2.22. The quantitative estimate of drug-likeness (QED) is 0.550. The molecule has 2 aromatic rings. The van der Waals surface area contributed by atoms with Crippen LogP contribution in [0.15, 0.2) is 18.2 Å². The summed E-state index contributed by atoms with van der Waals surface area (Å²) in [6.45, 7) is 1.95. The number of aromatic amines is 1. The van der Waals surface area contributed by atoms with Crippen molar-refractivity contribution in [3.63, 3.8) is 0 Å². The summed E-state index contributed by atoms with van der Waals surface area (Å²) in [5, 5.41) is 16.0. The van der Waals surface area contributed by atoms with Crippen molar-refractivity contribution >= 4 is 11.7 Å².